The summed E-state index contributed by atoms with van der Waals surface area (Å²) in [5.74, 6) is -1.09. The third kappa shape index (κ3) is 3.14. The predicted molar refractivity (Wildman–Crippen MR) is 50.0 cm³/mol. The van der Waals surface area contributed by atoms with Crippen molar-refractivity contribution in [3.63, 3.8) is 0 Å². The number of nitrogens with one attached hydrogen (secondary N) is 1. The minimum atomic E-state index is -1.88. The smallest absolute Gasteiger partial charge is 0.305 e. The molecule has 0 aromatic carbocycles. The van der Waals surface area contributed by atoms with E-state index in [1.54, 1.807) is 0 Å². The normalized spacial score (nSPS) is 34.2. The number of rotatable bonds is 2. The van der Waals surface area contributed by atoms with Crippen molar-refractivity contribution in [2.75, 3.05) is 6.61 Å². The summed E-state index contributed by atoms with van der Waals surface area (Å²) in [6, 6.07) is -0.834. The Bertz CT molecular complexity index is 257. The van der Waals surface area contributed by atoms with Gasteiger partial charge in [-0.2, -0.15) is 0 Å². The summed E-state index contributed by atoms with van der Waals surface area (Å²) in [5.41, 5.74) is 0. The van der Waals surface area contributed by atoms with E-state index in [4.69, 9.17) is 4.74 Å². The van der Waals surface area contributed by atoms with Crippen LogP contribution in [0.4, 0.5) is 4.39 Å². The average Bonchev–Trinajstić information content (AvgIpc) is 2.16. The van der Waals surface area contributed by atoms with Crippen LogP contribution in [0.3, 0.4) is 0 Å². The number of esters is 1. The van der Waals surface area contributed by atoms with Crippen LogP contribution >= 0.6 is 0 Å². The van der Waals surface area contributed by atoms with Gasteiger partial charge in [-0.25, -0.2) is 4.39 Å². The maximum atomic E-state index is 13.5. The second kappa shape index (κ2) is 5.22. The van der Waals surface area contributed by atoms with Crippen LogP contribution in [-0.4, -0.2) is 48.2 Å². The molecule has 0 bridgehead atoms. The van der Waals surface area contributed by atoms with Crippen molar-refractivity contribution in [2.24, 2.45) is 0 Å². The number of aliphatic hydroxyl groups is 1. The van der Waals surface area contributed by atoms with E-state index in [1.807, 2.05) is 0 Å². The summed E-state index contributed by atoms with van der Waals surface area (Å²) in [5, 5.41) is 11.8. The molecule has 4 atom stereocenters. The van der Waals surface area contributed by atoms with Crippen molar-refractivity contribution in [1.29, 1.82) is 0 Å². The van der Waals surface area contributed by atoms with Gasteiger partial charge in [0.2, 0.25) is 12.2 Å². The maximum absolute atomic E-state index is 13.5. The lowest BCUT2D eigenvalue weighted by atomic mass is 10.0. The van der Waals surface area contributed by atoms with Crippen molar-refractivity contribution < 1.29 is 28.6 Å². The van der Waals surface area contributed by atoms with Gasteiger partial charge in [-0.3, -0.25) is 9.59 Å². The molecule has 0 saturated carbocycles. The zero-order valence-corrected chi connectivity index (χ0v) is 8.97. The number of aliphatic hydroxyl groups excluding tert-OH is 1. The summed E-state index contributed by atoms with van der Waals surface area (Å²) in [4.78, 5) is 21.3. The third-order valence-corrected chi connectivity index (χ3v) is 2.11. The van der Waals surface area contributed by atoms with Gasteiger partial charge in [-0.15, -0.1) is 0 Å². The van der Waals surface area contributed by atoms with Gasteiger partial charge in [0.1, 0.15) is 6.10 Å². The van der Waals surface area contributed by atoms with Crippen LogP contribution < -0.4 is 5.32 Å². The fourth-order valence-corrected chi connectivity index (χ4v) is 1.42. The van der Waals surface area contributed by atoms with Gasteiger partial charge in [0.15, 0.2) is 6.17 Å². The Morgan fingerprint density at radius 1 is 1.50 bits per heavy atom. The Kier molecular flexibility index (Phi) is 4.19. The van der Waals surface area contributed by atoms with Crippen LogP contribution in [0.1, 0.15) is 13.8 Å². The topological polar surface area (TPSA) is 84.9 Å². The van der Waals surface area contributed by atoms with Crippen LogP contribution in [0.15, 0.2) is 0 Å². The van der Waals surface area contributed by atoms with Crippen LogP contribution in [0.5, 0.6) is 0 Å². The highest BCUT2D eigenvalue weighted by molar-refractivity contribution is 5.73. The fourth-order valence-electron chi connectivity index (χ4n) is 1.42. The summed E-state index contributed by atoms with van der Waals surface area (Å²) >= 11 is 0. The number of amides is 1. The molecule has 2 N–H and O–H groups in total. The third-order valence-electron chi connectivity index (χ3n) is 2.11. The Morgan fingerprint density at radius 2 is 2.12 bits per heavy atom. The van der Waals surface area contributed by atoms with Crippen molar-refractivity contribution in [2.45, 2.75) is 38.5 Å². The molecule has 92 valence electrons. The first kappa shape index (κ1) is 12.9. The Hall–Kier alpha value is -1.21. The number of hydrogen-bond donors (Lipinski definition) is 2. The predicted octanol–water partition coefficient (Wildman–Crippen LogP) is -0.890. The molecule has 1 heterocycles. The van der Waals surface area contributed by atoms with Gasteiger partial charge in [0, 0.05) is 13.8 Å². The minimum absolute atomic E-state index is 0.112. The fraction of sp³-hybridized carbons (Fsp3) is 0.778. The van der Waals surface area contributed by atoms with E-state index in [9.17, 15) is 19.1 Å². The number of alkyl halides is 1. The molecule has 1 aliphatic rings. The van der Waals surface area contributed by atoms with Crippen LogP contribution in [0, 0.1) is 0 Å². The summed E-state index contributed by atoms with van der Waals surface area (Å²) < 4.78 is 22.9. The molecule has 1 amide bonds. The Labute approximate surface area is 91.7 Å². The van der Waals surface area contributed by atoms with E-state index < -0.39 is 36.5 Å². The van der Waals surface area contributed by atoms with E-state index in [2.05, 4.69) is 10.1 Å². The van der Waals surface area contributed by atoms with E-state index in [-0.39, 0.29) is 6.61 Å². The molecule has 16 heavy (non-hydrogen) atoms. The quantitative estimate of drug-likeness (QED) is 0.606. The number of halogens is 1. The highest BCUT2D eigenvalue weighted by atomic mass is 19.1. The molecular formula is C9H14FNO5. The second-order valence-corrected chi connectivity index (χ2v) is 3.55. The average molecular weight is 235 g/mol. The minimum Gasteiger partial charge on any atom is -0.433 e. The van der Waals surface area contributed by atoms with Gasteiger partial charge < -0.3 is 19.9 Å². The van der Waals surface area contributed by atoms with E-state index in [1.165, 1.54) is 6.92 Å². The maximum Gasteiger partial charge on any atom is 0.305 e. The van der Waals surface area contributed by atoms with Crippen molar-refractivity contribution >= 4 is 11.9 Å². The van der Waals surface area contributed by atoms with Crippen LogP contribution in [0.25, 0.3) is 0 Å². The Balaban J connectivity index is 2.57. The van der Waals surface area contributed by atoms with Crippen LogP contribution in [0.2, 0.25) is 0 Å². The largest absolute Gasteiger partial charge is 0.433 e. The number of ether oxygens (including phenoxy) is 2. The lowest BCUT2D eigenvalue weighted by Crippen LogP contribution is -2.58. The van der Waals surface area contributed by atoms with Gasteiger partial charge in [-0.1, -0.05) is 0 Å². The van der Waals surface area contributed by atoms with Gasteiger partial charge in [0.25, 0.3) is 0 Å². The number of carbonyl (C=O) groups is 2. The van der Waals surface area contributed by atoms with Crippen molar-refractivity contribution in [3.05, 3.63) is 0 Å². The first-order chi connectivity index (χ1) is 7.41. The second-order valence-electron chi connectivity index (χ2n) is 3.55. The number of hydrogen-bond acceptors (Lipinski definition) is 5. The van der Waals surface area contributed by atoms with E-state index in [0.717, 1.165) is 6.92 Å². The summed E-state index contributed by atoms with van der Waals surface area (Å²) in [7, 11) is 0. The monoisotopic (exact) mass is 235 g/mol. The van der Waals surface area contributed by atoms with Crippen molar-refractivity contribution in [1.82, 2.24) is 5.32 Å². The summed E-state index contributed by atoms with van der Waals surface area (Å²) in [6.45, 7) is 2.25. The van der Waals surface area contributed by atoms with Gasteiger partial charge in [0.05, 0.1) is 12.6 Å². The highest BCUT2D eigenvalue weighted by Crippen LogP contribution is 2.19. The molecule has 0 aromatic rings. The first-order valence-corrected chi connectivity index (χ1v) is 4.80. The molecule has 1 aliphatic heterocycles. The molecule has 1 saturated heterocycles. The lowest BCUT2D eigenvalue weighted by molar-refractivity contribution is -0.228. The van der Waals surface area contributed by atoms with E-state index >= 15 is 0 Å². The van der Waals surface area contributed by atoms with E-state index in [0.29, 0.717) is 0 Å². The molecule has 0 radical (unpaired) electrons. The van der Waals surface area contributed by atoms with Gasteiger partial charge >= 0.3 is 5.97 Å². The first-order valence-electron chi connectivity index (χ1n) is 4.80. The molecule has 1 fully saturated rings. The molecule has 1 rings (SSSR count). The molecule has 0 unspecified atom stereocenters. The molecule has 0 aliphatic carbocycles. The zero-order chi connectivity index (χ0) is 12.3. The standard InChI is InChI=1S/C9H14FNO5/c1-4(12)11-6-3-15-9(16-5(2)13)7(10)8(6)14/h6-9,14H,3H2,1-2H3,(H,11,12)/t6-,7+,8-,9+/m1/s1. The molecule has 7 heteroatoms. The van der Waals surface area contributed by atoms with Gasteiger partial charge in [-0.05, 0) is 0 Å². The molecule has 6 nitrogen and oxygen atoms in total. The van der Waals surface area contributed by atoms with Crippen LogP contribution in [-0.2, 0) is 19.1 Å². The SMILES string of the molecule is CC(=O)N[C@@H]1CO[C@@H](OC(C)=O)[C@@H](F)[C@@H]1O. The number of carbonyl (C=O) groups excluding carboxylic acids is 2. The summed E-state index contributed by atoms with van der Waals surface area (Å²) in [6.07, 6.45) is -4.76. The lowest BCUT2D eigenvalue weighted by Gasteiger charge is -2.35. The molecule has 0 aromatic heterocycles. The molecular weight excluding hydrogens is 221 g/mol. The zero-order valence-electron chi connectivity index (χ0n) is 8.97. The van der Waals surface area contributed by atoms with Crippen molar-refractivity contribution in [3.8, 4) is 0 Å². The highest BCUT2D eigenvalue weighted by Gasteiger charge is 2.42. The molecule has 0 spiro atoms. The Morgan fingerprint density at radius 3 is 2.62 bits per heavy atom.